The van der Waals surface area contributed by atoms with Crippen molar-refractivity contribution in [3.05, 3.63) is 105 Å². The van der Waals surface area contributed by atoms with Crippen LogP contribution in [0, 0.1) is 71.0 Å². The van der Waals surface area contributed by atoms with Crippen LogP contribution < -0.4 is 0 Å². The molecular weight excluding hydrogens is 601 g/mol. The van der Waals surface area contributed by atoms with Crippen LogP contribution in [0.4, 0.5) is 0 Å². The summed E-state index contributed by atoms with van der Waals surface area (Å²) in [6.45, 7) is 10.4. The molecule has 8 aliphatic carbocycles. The summed E-state index contributed by atoms with van der Waals surface area (Å²) in [7, 11) is 0. The van der Waals surface area contributed by atoms with E-state index in [1.807, 2.05) is 0 Å². The molecule has 0 spiro atoms. The van der Waals surface area contributed by atoms with Crippen LogP contribution in [0.15, 0.2) is 60.7 Å². The minimum atomic E-state index is 0.109. The van der Waals surface area contributed by atoms with Gasteiger partial charge in [0.2, 0.25) is 0 Å². The molecule has 0 nitrogen and oxygen atoms in total. The van der Waals surface area contributed by atoms with Crippen molar-refractivity contribution in [2.75, 3.05) is 0 Å². The average molecular weight is 651 g/mol. The van der Waals surface area contributed by atoms with Crippen LogP contribution in [0.3, 0.4) is 0 Å². The van der Waals surface area contributed by atoms with Crippen LogP contribution >= 0.6 is 0 Å². The van der Waals surface area contributed by atoms with E-state index in [0.717, 1.165) is 22.3 Å². The zero-order valence-corrected chi connectivity index (χ0v) is 30.6. The molecule has 4 atom stereocenters. The Labute approximate surface area is 301 Å². The van der Waals surface area contributed by atoms with Gasteiger partial charge < -0.3 is 0 Å². The molecule has 250 valence electrons. The molecular formula is C50H50. The lowest BCUT2D eigenvalue weighted by Gasteiger charge is -2.71. The van der Waals surface area contributed by atoms with E-state index in [2.05, 4.69) is 112 Å². The van der Waals surface area contributed by atoms with Crippen molar-refractivity contribution in [1.82, 2.24) is 0 Å². The van der Waals surface area contributed by atoms with Gasteiger partial charge in [0.1, 0.15) is 0 Å². The predicted octanol–water partition coefficient (Wildman–Crippen LogP) is 10.8. The Morgan fingerprint density at radius 1 is 0.360 bits per heavy atom. The van der Waals surface area contributed by atoms with Gasteiger partial charge in [-0.2, -0.15) is 0 Å². The summed E-state index contributed by atoms with van der Waals surface area (Å²) in [5, 5.41) is 0. The van der Waals surface area contributed by atoms with E-state index < -0.39 is 0 Å². The van der Waals surface area contributed by atoms with E-state index in [4.69, 9.17) is 25.7 Å². The molecule has 8 saturated carbocycles. The highest BCUT2D eigenvalue weighted by molar-refractivity contribution is 5.55. The fraction of sp³-hybridized carbons (Fsp3) is 0.480. The van der Waals surface area contributed by atoms with Gasteiger partial charge in [-0.1, -0.05) is 87.8 Å². The summed E-state index contributed by atoms with van der Waals surface area (Å²) in [4.78, 5) is 0. The SMILES string of the molecule is C#Cc1ccc(C23CC4(C)CC(C)(CC(c5cccc(C67CC8(C)CC(C)(C6)CC(c6ccc(C#C)c(C#C)c6)(C8)C7)c5)(C4)C2)C3)cc1C#C. The minimum Gasteiger partial charge on any atom is -0.115 e. The van der Waals surface area contributed by atoms with E-state index in [1.165, 1.54) is 88.2 Å². The maximum absolute atomic E-state index is 6.03. The summed E-state index contributed by atoms with van der Waals surface area (Å²) >= 11 is 0. The third kappa shape index (κ3) is 4.37. The van der Waals surface area contributed by atoms with Crippen molar-refractivity contribution in [2.45, 2.75) is 126 Å². The van der Waals surface area contributed by atoms with Gasteiger partial charge in [0.15, 0.2) is 0 Å². The van der Waals surface area contributed by atoms with E-state index in [-0.39, 0.29) is 21.7 Å². The fourth-order valence-corrected chi connectivity index (χ4v) is 16.0. The number of hydrogen-bond acceptors (Lipinski definition) is 0. The number of benzene rings is 3. The zero-order chi connectivity index (χ0) is 35.0. The molecule has 0 saturated heterocycles. The van der Waals surface area contributed by atoms with Crippen molar-refractivity contribution in [1.29, 1.82) is 0 Å². The molecule has 3 aromatic rings. The van der Waals surface area contributed by atoms with Crippen LogP contribution in [-0.2, 0) is 21.7 Å². The van der Waals surface area contributed by atoms with Crippen LogP contribution in [0.5, 0.6) is 0 Å². The molecule has 8 bridgehead atoms. The smallest absolute Gasteiger partial charge is 0.0402 e. The van der Waals surface area contributed by atoms with Crippen molar-refractivity contribution < 1.29 is 0 Å². The second-order valence-corrected chi connectivity index (χ2v) is 20.2. The highest BCUT2D eigenvalue weighted by Crippen LogP contribution is 2.76. The normalized spacial score (nSPS) is 41.6. The summed E-state index contributed by atoms with van der Waals surface area (Å²) in [5.74, 6) is 11.5. The Bertz CT molecular complexity index is 1970. The summed E-state index contributed by atoms with van der Waals surface area (Å²) in [6, 6.07) is 23.6. The first kappa shape index (κ1) is 31.9. The standard InChI is InChI=1S/C50H50/c1-9-35-16-18-41(20-37(35)11-3)49-29-43(5)23-44(6,30-49)26-47(25-43,33-49)39-14-13-15-40(22-39)48-27-45(7)24-46(8,28-48)32-50(31-45,34-48)42-19-17-36(10-2)38(12-4)21-42/h1-4,13-22H,23-34H2,5-8H3. The molecule has 0 amide bonds. The second kappa shape index (κ2) is 9.81. The van der Waals surface area contributed by atoms with Gasteiger partial charge >= 0.3 is 0 Å². The van der Waals surface area contributed by atoms with Gasteiger partial charge in [0.05, 0.1) is 0 Å². The molecule has 0 aliphatic heterocycles. The van der Waals surface area contributed by atoms with Crippen LogP contribution in [0.1, 0.15) is 149 Å². The molecule has 0 heteroatoms. The quantitative estimate of drug-likeness (QED) is 0.247. The lowest BCUT2D eigenvalue weighted by molar-refractivity contribution is -0.128. The first-order valence-corrected chi connectivity index (χ1v) is 18.9. The van der Waals surface area contributed by atoms with Crippen LogP contribution in [0.2, 0.25) is 0 Å². The summed E-state index contributed by atoms with van der Waals surface area (Å²) in [5.41, 5.74) is 11.1. The molecule has 3 aromatic carbocycles. The summed E-state index contributed by atoms with van der Waals surface area (Å²) in [6.07, 6.45) is 38.8. The van der Waals surface area contributed by atoms with Crippen LogP contribution in [0.25, 0.3) is 0 Å². The largest absolute Gasteiger partial charge is 0.115 e. The van der Waals surface area contributed by atoms with Crippen LogP contribution in [-0.4, -0.2) is 0 Å². The van der Waals surface area contributed by atoms with E-state index in [1.54, 1.807) is 11.1 Å². The first-order chi connectivity index (χ1) is 23.7. The summed E-state index contributed by atoms with van der Waals surface area (Å²) < 4.78 is 0. The highest BCUT2D eigenvalue weighted by Gasteiger charge is 2.68. The molecule has 11 rings (SSSR count). The van der Waals surface area contributed by atoms with Gasteiger partial charge in [0.25, 0.3) is 0 Å². The lowest BCUT2D eigenvalue weighted by atomic mass is 9.33. The van der Waals surface area contributed by atoms with Crippen molar-refractivity contribution in [2.24, 2.45) is 21.7 Å². The van der Waals surface area contributed by atoms with Crippen molar-refractivity contribution in [3.8, 4) is 49.4 Å². The minimum absolute atomic E-state index is 0.109. The molecule has 4 unspecified atom stereocenters. The molecule has 0 aromatic heterocycles. The van der Waals surface area contributed by atoms with Gasteiger partial charge in [-0.15, -0.1) is 25.7 Å². The number of hydrogen-bond donors (Lipinski definition) is 0. The fourth-order valence-electron chi connectivity index (χ4n) is 16.0. The Morgan fingerprint density at radius 2 is 0.660 bits per heavy atom. The third-order valence-electron chi connectivity index (χ3n) is 15.2. The Kier molecular flexibility index (Phi) is 6.25. The molecule has 8 fully saturated rings. The predicted molar refractivity (Wildman–Crippen MR) is 206 cm³/mol. The van der Waals surface area contributed by atoms with Gasteiger partial charge in [-0.05, 0) is 167 Å². The highest BCUT2D eigenvalue weighted by atomic mass is 14.7. The second-order valence-electron chi connectivity index (χ2n) is 20.2. The average Bonchev–Trinajstić information content (AvgIpc) is 3.04. The topological polar surface area (TPSA) is 0 Å². The van der Waals surface area contributed by atoms with E-state index in [9.17, 15) is 0 Å². The van der Waals surface area contributed by atoms with Gasteiger partial charge in [-0.25, -0.2) is 0 Å². The van der Waals surface area contributed by atoms with Crippen molar-refractivity contribution >= 4 is 0 Å². The third-order valence-corrected chi connectivity index (χ3v) is 15.2. The molecule has 8 aliphatic rings. The number of rotatable bonds is 4. The molecule has 0 heterocycles. The van der Waals surface area contributed by atoms with E-state index in [0.29, 0.717) is 21.7 Å². The van der Waals surface area contributed by atoms with Crippen molar-refractivity contribution in [3.63, 3.8) is 0 Å². The van der Waals surface area contributed by atoms with E-state index >= 15 is 0 Å². The molecule has 50 heavy (non-hydrogen) atoms. The molecule has 0 N–H and O–H groups in total. The Balaban J connectivity index is 1.16. The van der Waals surface area contributed by atoms with Gasteiger partial charge in [0, 0.05) is 22.3 Å². The van der Waals surface area contributed by atoms with Gasteiger partial charge in [-0.3, -0.25) is 0 Å². The number of terminal acetylenes is 4. The maximum Gasteiger partial charge on any atom is 0.0402 e. The maximum atomic E-state index is 6.03. The Morgan fingerprint density at radius 3 is 0.960 bits per heavy atom. The zero-order valence-electron chi connectivity index (χ0n) is 30.6. The molecule has 0 radical (unpaired) electrons. The monoisotopic (exact) mass is 650 g/mol. The first-order valence-electron chi connectivity index (χ1n) is 18.9. The Hall–Kier alpha value is -4.10. The lowest BCUT2D eigenvalue weighted by Crippen LogP contribution is -2.63.